The number of fused-ring (bicyclic) bond motifs is 1. The van der Waals surface area contributed by atoms with E-state index >= 15 is 4.39 Å². The van der Waals surface area contributed by atoms with Crippen LogP contribution >= 0.6 is 11.6 Å². The van der Waals surface area contributed by atoms with E-state index < -0.39 is 5.67 Å². The van der Waals surface area contributed by atoms with Crippen LogP contribution in [0.1, 0.15) is 49.4 Å². The van der Waals surface area contributed by atoms with E-state index in [1.165, 1.54) is 0 Å². The lowest BCUT2D eigenvalue weighted by molar-refractivity contribution is -0.143. The van der Waals surface area contributed by atoms with Crippen molar-refractivity contribution in [2.75, 3.05) is 19.7 Å². The Bertz CT molecular complexity index is 1050. The SMILES string of the molecule is CC1C=Cc2ncc(-c3ccc(CC4(F)CCN(C(=O)[C@H]5CCCO5)CC4)cc3)c(Cl)c2C1. The molecule has 5 rings (SSSR count). The number of hydrogen-bond acceptors (Lipinski definition) is 3. The molecule has 1 unspecified atom stereocenters. The van der Waals surface area contributed by atoms with Crippen molar-refractivity contribution in [3.8, 4) is 11.1 Å². The molecule has 0 saturated carbocycles. The van der Waals surface area contributed by atoms with Gasteiger partial charge in [0.1, 0.15) is 11.8 Å². The van der Waals surface area contributed by atoms with Crippen molar-refractivity contribution >= 4 is 23.6 Å². The second-order valence-corrected chi connectivity index (χ2v) is 10.1. The second kappa shape index (κ2) is 9.19. The molecule has 6 heteroatoms. The molecule has 2 aromatic rings. The Morgan fingerprint density at radius 1 is 1.27 bits per heavy atom. The van der Waals surface area contributed by atoms with Gasteiger partial charge in [0.2, 0.25) is 0 Å². The van der Waals surface area contributed by atoms with Crippen molar-refractivity contribution in [2.45, 2.75) is 57.2 Å². The molecule has 1 aromatic carbocycles. The summed E-state index contributed by atoms with van der Waals surface area (Å²) in [5.41, 5.74) is 3.62. The van der Waals surface area contributed by atoms with Crippen molar-refractivity contribution in [3.05, 3.63) is 58.4 Å². The largest absolute Gasteiger partial charge is 0.368 e. The van der Waals surface area contributed by atoms with Gasteiger partial charge in [-0.1, -0.05) is 48.9 Å². The summed E-state index contributed by atoms with van der Waals surface area (Å²) in [6, 6.07) is 7.98. The third-order valence-corrected chi connectivity index (χ3v) is 7.65. The zero-order valence-electron chi connectivity index (χ0n) is 19.0. The van der Waals surface area contributed by atoms with E-state index in [1.54, 1.807) is 4.90 Å². The third-order valence-electron chi connectivity index (χ3n) is 7.21. The number of ether oxygens (including phenoxy) is 1. The molecule has 2 aliphatic heterocycles. The van der Waals surface area contributed by atoms with Gasteiger partial charge in [-0.3, -0.25) is 9.78 Å². The summed E-state index contributed by atoms with van der Waals surface area (Å²) in [7, 11) is 0. The van der Waals surface area contributed by atoms with Gasteiger partial charge in [-0.05, 0) is 60.8 Å². The fourth-order valence-electron chi connectivity index (χ4n) is 5.18. The number of halogens is 2. The Morgan fingerprint density at radius 2 is 2.03 bits per heavy atom. The van der Waals surface area contributed by atoms with Crippen molar-refractivity contribution < 1.29 is 13.9 Å². The molecular formula is C27H30ClFN2O2. The van der Waals surface area contributed by atoms with Crippen LogP contribution in [0.4, 0.5) is 4.39 Å². The number of carbonyl (C=O) groups excluding carboxylic acids is 1. The second-order valence-electron chi connectivity index (χ2n) is 9.74. The molecule has 1 aliphatic carbocycles. The quantitative estimate of drug-likeness (QED) is 0.581. The first kappa shape index (κ1) is 22.5. The predicted octanol–water partition coefficient (Wildman–Crippen LogP) is 5.66. The minimum absolute atomic E-state index is 0.0272. The Hall–Kier alpha value is -2.24. The van der Waals surface area contributed by atoms with E-state index in [1.807, 2.05) is 36.5 Å². The highest BCUT2D eigenvalue weighted by molar-refractivity contribution is 6.34. The van der Waals surface area contributed by atoms with Crippen LogP contribution in [0.2, 0.25) is 5.02 Å². The van der Waals surface area contributed by atoms with Gasteiger partial charge >= 0.3 is 0 Å². The number of carbonyl (C=O) groups is 1. The number of hydrogen-bond donors (Lipinski definition) is 0. The van der Waals surface area contributed by atoms with Crippen LogP contribution in [-0.2, 0) is 22.4 Å². The highest BCUT2D eigenvalue weighted by atomic mass is 35.5. The number of likely N-dealkylation sites (tertiary alicyclic amines) is 1. The molecular weight excluding hydrogens is 439 g/mol. The van der Waals surface area contributed by atoms with Crippen molar-refractivity contribution in [3.63, 3.8) is 0 Å². The molecule has 3 heterocycles. The Labute approximate surface area is 199 Å². The summed E-state index contributed by atoms with van der Waals surface area (Å²) in [6.45, 7) is 3.73. The van der Waals surface area contributed by atoms with Crippen LogP contribution < -0.4 is 0 Å². The standard InChI is InChI=1S/C27H30ClFN2O2/c1-18-4-9-23-21(15-18)25(28)22(17-30-23)20-7-5-19(6-8-20)16-27(29)10-12-31(13-11-27)26(32)24-3-2-14-33-24/h4-9,17-18,24H,2-3,10-16H2,1H3/t18?,24-/m1/s1. The zero-order valence-corrected chi connectivity index (χ0v) is 19.8. The predicted molar refractivity (Wildman–Crippen MR) is 129 cm³/mol. The Balaban J connectivity index is 1.24. The van der Waals surface area contributed by atoms with Crippen molar-refractivity contribution in [1.82, 2.24) is 9.88 Å². The maximum atomic E-state index is 15.6. The minimum atomic E-state index is -1.29. The van der Waals surface area contributed by atoms with Crippen molar-refractivity contribution in [1.29, 1.82) is 0 Å². The van der Waals surface area contributed by atoms with Gasteiger partial charge in [-0.15, -0.1) is 0 Å². The van der Waals surface area contributed by atoms with Crippen LogP contribution in [0.15, 0.2) is 36.5 Å². The topological polar surface area (TPSA) is 42.4 Å². The number of rotatable bonds is 4. The van der Waals surface area contributed by atoms with Gasteiger partial charge in [0.15, 0.2) is 0 Å². The van der Waals surface area contributed by atoms with E-state index in [4.69, 9.17) is 16.3 Å². The molecule has 4 nitrogen and oxygen atoms in total. The number of pyridine rings is 1. The molecule has 0 N–H and O–H groups in total. The fraction of sp³-hybridized carbons (Fsp3) is 0.481. The number of allylic oxidation sites excluding steroid dienone is 1. The monoisotopic (exact) mass is 468 g/mol. The molecule has 0 radical (unpaired) electrons. The summed E-state index contributed by atoms with van der Waals surface area (Å²) in [6.07, 6.45) is 9.38. The highest BCUT2D eigenvalue weighted by Gasteiger charge is 2.38. The van der Waals surface area contributed by atoms with Crippen LogP contribution in [0.3, 0.4) is 0 Å². The average molecular weight is 469 g/mol. The number of piperidine rings is 1. The Morgan fingerprint density at radius 3 is 2.73 bits per heavy atom. The lowest BCUT2D eigenvalue weighted by Gasteiger charge is -2.37. The lowest BCUT2D eigenvalue weighted by Crippen LogP contribution is -2.48. The van der Waals surface area contributed by atoms with Crippen LogP contribution in [0.25, 0.3) is 17.2 Å². The van der Waals surface area contributed by atoms with E-state index in [-0.39, 0.29) is 12.0 Å². The van der Waals surface area contributed by atoms with E-state index in [0.717, 1.165) is 52.2 Å². The maximum absolute atomic E-state index is 15.6. The number of benzene rings is 1. The van der Waals surface area contributed by atoms with Crippen LogP contribution in [-0.4, -0.2) is 47.3 Å². The van der Waals surface area contributed by atoms with E-state index in [2.05, 4.69) is 18.0 Å². The molecule has 1 amide bonds. The van der Waals surface area contributed by atoms with Gasteiger partial charge in [0.25, 0.3) is 5.91 Å². The lowest BCUT2D eigenvalue weighted by atomic mass is 9.86. The molecule has 0 bridgehead atoms. The molecule has 3 aliphatic rings. The summed E-state index contributed by atoms with van der Waals surface area (Å²) in [5.74, 6) is 0.474. The molecule has 1 aromatic heterocycles. The molecule has 2 atom stereocenters. The van der Waals surface area contributed by atoms with Gasteiger partial charge in [0, 0.05) is 37.9 Å². The average Bonchev–Trinajstić information content (AvgIpc) is 3.35. The van der Waals surface area contributed by atoms with Crippen molar-refractivity contribution in [2.24, 2.45) is 5.92 Å². The van der Waals surface area contributed by atoms with Gasteiger partial charge in [-0.2, -0.15) is 0 Å². The fourth-order valence-corrected chi connectivity index (χ4v) is 5.51. The number of aromatic nitrogens is 1. The molecule has 33 heavy (non-hydrogen) atoms. The molecule has 174 valence electrons. The molecule has 0 spiro atoms. The van der Waals surface area contributed by atoms with Crippen LogP contribution in [0.5, 0.6) is 0 Å². The third kappa shape index (κ3) is 4.71. The summed E-state index contributed by atoms with van der Waals surface area (Å²) < 4.78 is 21.1. The highest BCUT2D eigenvalue weighted by Crippen LogP contribution is 2.36. The normalized spacial score (nSPS) is 24.0. The summed E-state index contributed by atoms with van der Waals surface area (Å²) in [5, 5.41) is 0.759. The Kier molecular flexibility index (Phi) is 6.28. The van der Waals surface area contributed by atoms with E-state index in [0.29, 0.717) is 44.9 Å². The van der Waals surface area contributed by atoms with Gasteiger partial charge in [-0.25, -0.2) is 4.39 Å². The zero-order chi connectivity index (χ0) is 23.0. The molecule has 2 saturated heterocycles. The number of amides is 1. The summed E-state index contributed by atoms with van der Waals surface area (Å²) >= 11 is 6.76. The first-order valence-electron chi connectivity index (χ1n) is 12.0. The number of nitrogens with zero attached hydrogens (tertiary/aromatic N) is 2. The number of alkyl halides is 1. The summed E-state index contributed by atoms with van der Waals surface area (Å²) in [4.78, 5) is 18.9. The smallest absolute Gasteiger partial charge is 0.251 e. The van der Waals surface area contributed by atoms with E-state index in [9.17, 15) is 4.79 Å². The first-order valence-corrected chi connectivity index (χ1v) is 12.3. The van der Waals surface area contributed by atoms with Gasteiger partial charge in [0.05, 0.1) is 10.7 Å². The molecule has 2 fully saturated rings. The van der Waals surface area contributed by atoms with Gasteiger partial charge < -0.3 is 9.64 Å². The maximum Gasteiger partial charge on any atom is 0.251 e. The van der Waals surface area contributed by atoms with Crippen LogP contribution in [0, 0.1) is 5.92 Å². The minimum Gasteiger partial charge on any atom is -0.368 e. The first-order chi connectivity index (χ1) is 15.9.